The number of carbonyl (C=O) groups is 2. The summed E-state index contributed by atoms with van der Waals surface area (Å²) in [5.41, 5.74) is 0.366. The topological polar surface area (TPSA) is 67.4 Å². The van der Waals surface area contributed by atoms with E-state index in [0.717, 1.165) is 6.42 Å². The highest BCUT2D eigenvalue weighted by Crippen LogP contribution is 2.34. The summed E-state index contributed by atoms with van der Waals surface area (Å²) < 4.78 is 18.5. The molecule has 0 unspecified atom stereocenters. The zero-order valence-corrected chi connectivity index (χ0v) is 13.7. The minimum absolute atomic E-state index is 0.0116. The van der Waals surface area contributed by atoms with Crippen LogP contribution in [0.1, 0.15) is 27.2 Å². The second kappa shape index (κ2) is 7.08. The number of nitrogens with one attached hydrogen (secondary N) is 2. The summed E-state index contributed by atoms with van der Waals surface area (Å²) in [5.74, 6) is -1.67. The van der Waals surface area contributed by atoms with Crippen molar-refractivity contribution in [3.63, 3.8) is 0 Å². The van der Waals surface area contributed by atoms with Gasteiger partial charge in [0.1, 0.15) is 5.82 Å². The van der Waals surface area contributed by atoms with Crippen LogP contribution in [0.2, 0.25) is 0 Å². The largest absolute Gasteiger partial charge is 0.377 e. The fourth-order valence-corrected chi connectivity index (χ4v) is 2.83. The number of hydrogen-bond donors (Lipinski definition) is 2. The van der Waals surface area contributed by atoms with Crippen LogP contribution in [-0.2, 0) is 14.3 Å². The van der Waals surface area contributed by atoms with Gasteiger partial charge in [-0.25, -0.2) is 4.39 Å². The molecular formula is C17H23FN2O3. The molecule has 1 heterocycles. The van der Waals surface area contributed by atoms with Crippen LogP contribution in [0.15, 0.2) is 24.3 Å². The molecule has 2 atom stereocenters. The number of ether oxygens (including phenoxy) is 1. The van der Waals surface area contributed by atoms with E-state index in [1.807, 2.05) is 0 Å². The maximum absolute atomic E-state index is 12.8. The van der Waals surface area contributed by atoms with Crippen molar-refractivity contribution in [3.05, 3.63) is 30.1 Å². The first-order chi connectivity index (χ1) is 10.8. The van der Waals surface area contributed by atoms with Gasteiger partial charge in [0.05, 0.1) is 6.10 Å². The van der Waals surface area contributed by atoms with Crippen molar-refractivity contribution in [1.29, 1.82) is 0 Å². The third-order valence-electron chi connectivity index (χ3n) is 3.90. The lowest BCUT2D eigenvalue weighted by molar-refractivity contribution is -0.136. The Morgan fingerprint density at radius 3 is 2.48 bits per heavy atom. The van der Waals surface area contributed by atoms with Gasteiger partial charge in [0.15, 0.2) is 0 Å². The van der Waals surface area contributed by atoms with Gasteiger partial charge in [0, 0.05) is 24.8 Å². The molecule has 1 aromatic carbocycles. The third kappa shape index (κ3) is 4.76. The monoisotopic (exact) mass is 322 g/mol. The van der Waals surface area contributed by atoms with E-state index < -0.39 is 17.6 Å². The summed E-state index contributed by atoms with van der Waals surface area (Å²) >= 11 is 0. The minimum Gasteiger partial charge on any atom is -0.377 e. The van der Waals surface area contributed by atoms with Crippen molar-refractivity contribution >= 4 is 17.5 Å². The van der Waals surface area contributed by atoms with Gasteiger partial charge >= 0.3 is 11.8 Å². The summed E-state index contributed by atoms with van der Waals surface area (Å²) in [4.78, 5) is 23.7. The van der Waals surface area contributed by atoms with E-state index in [-0.39, 0.29) is 17.4 Å². The number of amides is 2. The molecule has 126 valence electrons. The molecule has 0 aliphatic carbocycles. The number of rotatable bonds is 3. The highest BCUT2D eigenvalue weighted by atomic mass is 19.1. The molecule has 0 aromatic heterocycles. The van der Waals surface area contributed by atoms with E-state index in [0.29, 0.717) is 18.8 Å². The smallest absolute Gasteiger partial charge is 0.313 e. The minimum atomic E-state index is -0.761. The van der Waals surface area contributed by atoms with Crippen LogP contribution in [0.3, 0.4) is 0 Å². The highest BCUT2D eigenvalue weighted by molar-refractivity contribution is 6.39. The van der Waals surface area contributed by atoms with Gasteiger partial charge in [-0.15, -0.1) is 0 Å². The van der Waals surface area contributed by atoms with E-state index in [2.05, 4.69) is 31.4 Å². The SMILES string of the molecule is CC(C)(C)[C@H]1OCC[C@H]1CNC(=O)C(=O)Nc1ccc(F)cc1. The van der Waals surface area contributed by atoms with Crippen LogP contribution in [0.4, 0.5) is 10.1 Å². The van der Waals surface area contributed by atoms with Crippen LogP contribution in [0.25, 0.3) is 0 Å². The van der Waals surface area contributed by atoms with Gasteiger partial charge in [0.25, 0.3) is 0 Å². The molecule has 6 heteroatoms. The third-order valence-corrected chi connectivity index (χ3v) is 3.90. The molecular weight excluding hydrogens is 299 g/mol. The molecule has 0 saturated carbocycles. The number of benzene rings is 1. The molecule has 2 N–H and O–H groups in total. The van der Waals surface area contributed by atoms with Gasteiger partial charge < -0.3 is 15.4 Å². The predicted molar refractivity (Wildman–Crippen MR) is 85.3 cm³/mol. The van der Waals surface area contributed by atoms with Crippen molar-refractivity contribution in [2.45, 2.75) is 33.3 Å². The average Bonchev–Trinajstić information content (AvgIpc) is 2.95. The zero-order chi connectivity index (χ0) is 17.0. The van der Waals surface area contributed by atoms with Crippen LogP contribution in [0.5, 0.6) is 0 Å². The normalized spacial score (nSPS) is 21.0. The fourth-order valence-electron chi connectivity index (χ4n) is 2.83. The fraction of sp³-hybridized carbons (Fsp3) is 0.529. The summed E-state index contributed by atoms with van der Waals surface area (Å²) in [7, 11) is 0. The van der Waals surface area contributed by atoms with Crippen molar-refractivity contribution in [2.24, 2.45) is 11.3 Å². The molecule has 1 aromatic rings. The van der Waals surface area contributed by atoms with Crippen LogP contribution < -0.4 is 10.6 Å². The van der Waals surface area contributed by atoms with Crippen molar-refractivity contribution < 1.29 is 18.7 Å². The summed E-state index contributed by atoms with van der Waals surface area (Å²) in [6.45, 7) is 7.36. The van der Waals surface area contributed by atoms with Crippen molar-refractivity contribution in [1.82, 2.24) is 5.32 Å². The second-order valence-corrected chi connectivity index (χ2v) is 6.88. The van der Waals surface area contributed by atoms with Gasteiger partial charge in [-0.2, -0.15) is 0 Å². The highest BCUT2D eigenvalue weighted by Gasteiger charge is 2.37. The Bertz CT molecular complexity index is 566. The first kappa shape index (κ1) is 17.4. The Morgan fingerprint density at radius 1 is 1.22 bits per heavy atom. The standard InChI is InChI=1S/C17H23FN2O3/c1-17(2,3)14-11(8-9-23-14)10-19-15(21)16(22)20-13-6-4-12(18)5-7-13/h4-7,11,14H,8-10H2,1-3H3,(H,19,21)(H,20,22)/t11-,14-/m0/s1. The number of anilines is 1. The molecule has 2 rings (SSSR count). The number of carbonyl (C=O) groups excluding carboxylic acids is 2. The molecule has 1 aliphatic rings. The van der Waals surface area contributed by atoms with Gasteiger partial charge in [-0.3, -0.25) is 9.59 Å². The first-order valence-electron chi connectivity index (χ1n) is 7.74. The second-order valence-electron chi connectivity index (χ2n) is 6.88. The Morgan fingerprint density at radius 2 is 1.87 bits per heavy atom. The van der Waals surface area contributed by atoms with Crippen LogP contribution in [-0.4, -0.2) is 31.1 Å². The van der Waals surface area contributed by atoms with E-state index in [9.17, 15) is 14.0 Å². The molecule has 2 amide bonds. The lowest BCUT2D eigenvalue weighted by Crippen LogP contribution is -2.42. The quantitative estimate of drug-likeness (QED) is 0.839. The van der Waals surface area contributed by atoms with Gasteiger partial charge in [-0.1, -0.05) is 20.8 Å². The molecule has 0 bridgehead atoms. The summed E-state index contributed by atoms with van der Waals surface area (Å²) in [5, 5.41) is 5.09. The number of hydrogen-bond acceptors (Lipinski definition) is 3. The Labute approximate surface area is 135 Å². The molecule has 23 heavy (non-hydrogen) atoms. The van der Waals surface area contributed by atoms with Crippen molar-refractivity contribution in [3.8, 4) is 0 Å². The first-order valence-corrected chi connectivity index (χ1v) is 7.74. The zero-order valence-electron chi connectivity index (χ0n) is 13.7. The average molecular weight is 322 g/mol. The maximum Gasteiger partial charge on any atom is 0.313 e. The van der Waals surface area contributed by atoms with E-state index >= 15 is 0 Å². The van der Waals surface area contributed by atoms with E-state index in [1.54, 1.807) is 0 Å². The maximum atomic E-state index is 12.8. The van der Waals surface area contributed by atoms with Crippen LogP contribution >= 0.6 is 0 Å². The lowest BCUT2D eigenvalue weighted by atomic mass is 9.81. The molecule has 1 fully saturated rings. The molecule has 1 aliphatic heterocycles. The Balaban J connectivity index is 1.84. The summed E-state index contributed by atoms with van der Waals surface area (Å²) in [6, 6.07) is 5.25. The number of halogens is 1. The van der Waals surface area contributed by atoms with E-state index in [1.165, 1.54) is 24.3 Å². The van der Waals surface area contributed by atoms with Crippen molar-refractivity contribution in [2.75, 3.05) is 18.5 Å². The Kier molecular flexibility index (Phi) is 5.36. The Hall–Kier alpha value is -1.95. The predicted octanol–water partition coefficient (Wildman–Crippen LogP) is 2.33. The molecule has 0 spiro atoms. The molecule has 0 radical (unpaired) electrons. The van der Waals surface area contributed by atoms with Gasteiger partial charge in [0.2, 0.25) is 0 Å². The summed E-state index contributed by atoms with van der Waals surface area (Å²) in [6.07, 6.45) is 0.921. The van der Waals surface area contributed by atoms with Crippen LogP contribution in [0, 0.1) is 17.2 Å². The van der Waals surface area contributed by atoms with E-state index in [4.69, 9.17) is 4.74 Å². The molecule has 1 saturated heterocycles. The lowest BCUT2D eigenvalue weighted by Gasteiger charge is -2.31. The van der Waals surface area contributed by atoms with Gasteiger partial charge in [-0.05, 0) is 36.1 Å². The molecule has 5 nitrogen and oxygen atoms in total.